The molecule has 0 bridgehead atoms. The van der Waals surface area contributed by atoms with Crippen molar-refractivity contribution in [3.63, 3.8) is 0 Å². The minimum atomic E-state index is -0.167. The number of anilines is 2. The Labute approximate surface area is 147 Å². The molecule has 3 rings (SSSR count). The smallest absolute Gasteiger partial charge is 0.255 e. The van der Waals surface area contributed by atoms with Crippen molar-refractivity contribution in [3.8, 4) is 5.75 Å². The summed E-state index contributed by atoms with van der Waals surface area (Å²) < 4.78 is 5.10. The summed E-state index contributed by atoms with van der Waals surface area (Å²) in [5.41, 5.74) is 3.37. The Bertz CT molecular complexity index is 784. The van der Waals surface area contributed by atoms with Gasteiger partial charge in [0.1, 0.15) is 5.75 Å². The molecule has 1 aliphatic rings. The molecule has 0 aromatic heterocycles. The SMILES string of the molecule is CCCN1C(=O)CCc2cc(NC(=O)c3ccc(OC)cc3)ccc21. The van der Waals surface area contributed by atoms with Gasteiger partial charge >= 0.3 is 0 Å². The Morgan fingerprint density at radius 2 is 1.92 bits per heavy atom. The number of hydrogen-bond acceptors (Lipinski definition) is 3. The van der Waals surface area contributed by atoms with Crippen LogP contribution in [0.3, 0.4) is 0 Å². The van der Waals surface area contributed by atoms with Gasteiger partial charge in [-0.05, 0) is 60.9 Å². The number of carbonyl (C=O) groups excluding carboxylic acids is 2. The third kappa shape index (κ3) is 3.65. The second-order valence-corrected chi connectivity index (χ2v) is 6.07. The highest BCUT2D eigenvalue weighted by atomic mass is 16.5. The third-order valence-corrected chi connectivity index (χ3v) is 4.34. The molecule has 0 atom stereocenters. The number of ether oxygens (including phenoxy) is 1. The Hall–Kier alpha value is -2.82. The van der Waals surface area contributed by atoms with Gasteiger partial charge in [-0.15, -0.1) is 0 Å². The molecule has 2 aromatic carbocycles. The van der Waals surface area contributed by atoms with E-state index in [2.05, 4.69) is 12.2 Å². The van der Waals surface area contributed by atoms with E-state index >= 15 is 0 Å². The van der Waals surface area contributed by atoms with Crippen LogP contribution in [0.1, 0.15) is 35.7 Å². The standard InChI is InChI=1S/C20H22N2O3/c1-3-12-22-18-10-7-16(13-15(18)6-11-19(22)23)21-20(24)14-4-8-17(25-2)9-5-14/h4-5,7-10,13H,3,6,11-12H2,1-2H3,(H,21,24). The molecule has 1 N–H and O–H groups in total. The summed E-state index contributed by atoms with van der Waals surface area (Å²) in [6.07, 6.45) is 2.14. The largest absolute Gasteiger partial charge is 0.497 e. The first kappa shape index (κ1) is 17.0. The summed E-state index contributed by atoms with van der Waals surface area (Å²) in [6, 6.07) is 12.7. The molecule has 0 saturated heterocycles. The number of aryl methyl sites for hydroxylation is 1. The molecule has 2 aromatic rings. The zero-order valence-electron chi connectivity index (χ0n) is 14.5. The highest BCUT2D eigenvalue weighted by molar-refractivity contribution is 6.05. The summed E-state index contributed by atoms with van der Waals surface area (Å²) in [4.78, 5) is 26.3. The van der Waals surface area contributed by atoms with E-state index in [1.807, 2.05) is 23.1 Å². The molecule has 0 fully saturated rings. The number of carbonyl (C=O) groups is 2. The number of nitrogens with one attached hydrogen (secondary N) is 1. The van der Waals surface area contributed by atoms with Crippen LogP contribution in [0.25, 0.3) is 0 Å². The van der Waals surface area contributed by atoms with Crippen molar-refractivity contribution < 1.29 is 14.3 Å². The summed E-state index contributed by atoms with van der Waals surface area (Å²) in [5.74, 6) is 0.718. The van der Waals surface area contributed by atoms with E-state index in [-0.39, 0.29) is 11.8 Å². The summed E-state index contributed by atoms with van der Waals surface area (Å²) in [5, 5.41) is 2.92. The Morgan fingerprint density at radius 1 is 1.16 bits per heavy atom. The maximum absolute atomic E-state index is 12.4. The van der Waals surface area contributed by atoms with Crippen LogP contribution in [0.15, 0.2) is 42.5 Å². The van der Waals surface area contributed by atoms with Gasteiger partial charge in [0.15, 0.2) is 0 Å². The van der Waals surface area contributed by atoms with Gasteiger partial charge in [-0.3, -0.25) is 9.59 Å². The fourth-order valence-corrected chi connectivity index (χ4v) is 3.05. The Balaban J connectivity index is 1.77. The first-order valence-corrected chi connectivity index (χ1v) is 8.51. The lowest BCUT2D eigenvalue weighted by molar-refractivity contribution is -0.118. The number of hydrogen-bond donors (Lipinski definition) is 1. The minimum absolute atomic E-state index is 0.167. The van der Waals surface area contributed by atoms with Gasteiger partial charge in [-0.1, -0.05) is 6.92 Å². The van der Waals surface area contributed by atoms with Gasteiger partial charge in [0.2, 0.25) is 5.91 Å². The minimum Gasteiger partial charge on any atom is -0.497 e. The first-order valence-electron chi connectivity index (χ1n) is 8.51. The molecule has 1 aliphatic heterocycles. The topological polar surface area (TPSA) is 58.6 Å². The van der Waals surface area contributed by atoms with Crippen molar-refractivity contribution in [1.82, 2.24) is 0 Å². The molecule has 25 heavy (non-hydrogen) atoms. The Kier molecular flexibility index (Phi) is 5.03. The lowest BCUT2D eigenvalue weighted by Gasteiger charge is -2.29. The normalized spacial score (nSPS) is 13.4. The molecule has 0 spiro atoms. The zero-order chi connectivity index (χ0) is 17.8. The summed E-state index contributed by atoms with van der Waals surface area (Å²) >= 11 is 0. The Morgan fingerprint density at radius 3 is 2.60 bits per heavy atom. The number of fused-ring (bicyclic) bond motifs is 1. The van der Waals surface area contributed by atoms with Crippen LogP contribution < -0.4 is 15.0 Å². The van der Waals surface area contributed by atoms with E-state index in [0.717, 1.165) is 29.9 Å². The maximum Gasteiger partial charge on any atom is 0.255 e. The predicted octanol–water partition coefficient (Wildman–Crippen LogP) is 3.64. The fourth-order valence-electron chi connectivity index (χ4n) is 3.05. The molecule has 0 saturated carbocycles. The highest BCUT2D eigenvalue weighted by Gasteiger charge is 2.23. The third-order valence-electron chi connectivity index (χ3n) is 4.34. The van der Waals surface area contributed by atoms with E-state index in [0.29, 0.717) is 24.2 Å². The highest BCUT2D eigenvalue weighted by Crippen LogP contribution is 2.30. The van der Waals surface area contributed by atoms with Crippen LogP contribution in [0.5, 0.6) is 5.75 Å². The van der Waals surface area contributed by atoms with Crippen LogP contribution in [0, 0.1) is 0 Å². The number of benzene rings is 2. The van der Waals surface area contributed by atoms with E-state index < -0.39 is 0 Å². The first-order chi connectivity index (χ1) is 12.1. The second-order valence-electron chi connectivity index (χ2n) is 6.07. The number of nitrogens with zero attached hydrogens (tertiary/aromatic N) is 1. The summed E-state index contributed by atoms with van der Waals surface area (Å²) in [6.45, 7) is 2.79. The van der Waals surface area contributed by atoms with Gasteiger partial charge in [0, 0.05) is 29.9 Å². The van der Waals surface area contributed by atoms with Crippen molar-refractivity contribution in [2.75, 3.05) is 23.9 Å². The summed E-state index contributed by atoms with van der Waals surface area (Å²) in [7, 11) is 1.59. The second kappa shape index (κ2) is 7.38. The maximum atomic E-state index is 12.4. The lowest BCUT2D eigenvalue weighted by Crippen LogP contribution is -2.35. The quantitative estimate of drug-likeness (QED) is 0.905. The molecule has 5 nitrogen and oxygen atoms in total. The molecule has 5 heteroatoms. The van der Waals surface area contributed by atoms with Gasteiger partial charge in [-0.25, -0.2) is 0 Å². The van der Waals surface area contributed by atoms with Crippen LogP contribution in [-0.2, 0) is 11.2 Å². The molecule has 0 radical (unpaired) electrons. The van der Waals surface area contributed by atoms with Crippen LogP contribution in [0.2, 0.25) is 0 Å². The monoisotopic (exact) mass is 338 g/mol. The van der Waals surface area contributed by atoms with Crippen molar-refractivity contribution in [1.29, 1.82) is 0 Å². The molecular weight excluding hydrogens is 316 g/mol. The van der Waals surface area contributed by atoms with Gasteiger partial charge in [0.05, 0.1) is 7.11 Å². The number of rotatable bonds is 5. The average Bonchev–Trinajstić information content (AvgIpc) is 2.64. The van der Waals surface area contributed by atoms with Crippen LogP contribution in [0.4, 0.5) is 11.4 Å². The van der Waals surface area contributed by atoms with Crippen molar-refractivity contribution >= 4 is 23.2 Å². The van der Waals surface area contributed by atoms with E-state index in [1.165, 1.54) is 0 Å². The molecular formula is C20H22N2O3. The molecule has 0 aliphatic carbocycles. The van der Waals surface area contributed by atoms with E-state index in [9.17, 15) is 9.59 Å². The van der Waals surface area contributed by atoms with Crippen LogP contribution >= 0.6 is 0 Å². The molecule has 2 amide bonds. The fraction of sp³-hybridized carbons (Fsp3) is 0.300. The zero-order valence-corrected chi connectivity index (χ0v) is 14.5. The van der Waals surface area contributed by atoms with Gasteiger partial charge in [-0.2, -0.15) is 0 Å². The molecule has 0 unspecified atom stereocenters. The average molecular weight is 338 g/mol. The van der Waals surface area contributed by atoms with Crippen molar-refractivity contribution in [2.45, 2.75) is 26.2 Å². The van der Waals surface area contributed by atoms with Crippen molar-refractivity contribution in [2.24, 2.45) is 0 Å². The predicted molar refractivity (Wildman–Crippen MR) is 98.4 cm³/mol. The van der Waals surface area contributed by atoms with Gasteiger partial charge in [0.25, 0.3) is 5.91 Å². The lowest BCUT2D eigenvalue weighted by atomic mass is 10.00. The van der Waals surface area contributed by atoms with Crippen molar-refractivity contribution in [3.05, 3.63) is 53.6 Å². The van der Waals surface area contributed by atoms with Gasteiger partial charge < -0.3 is 15.0 Å². The van der Waals surface area contributed by atoms with E-state index in [1.54, 1.807) is 31.4 Å². The number of methoxy groups -OCH3 is 1. The molecule has 1 heterocycles. The number of amides is 2. The van der Waals surface area contributed by atoms with Crippen LogP contribution in [-0.4, -0.2) is 25.5 Å². The van der Waals surface area contributed by atoms with E-state index in [4.69, 9.17) is 4.74 Å². The molecule has 130 valence electrons.